The fourth-order valence-corrected chi connectivity index (χ4v) is 3.67. The van der Waals surface area contributed by atoms with Crippen LogP contribution in [0.4, 0.5) is 5.69 Å². The highest BCUT2D eigenvalue weighted by molar-refractivity contribution is 7.99. The second kappa shape index (κ2) is 8.44. The van der Waals surface area contributed by atoms with E-state index in [1.54, 1.807) is 17.0 Å². The summed E-state index contributed by atoms with van der Waals surface area (Å²) >= 11 is 1.15. The molecule has 1 heterocycles. The molecule has 0 spiro atoms. The van der Waals surface area contributed by atoms with Crippen LogP contribution < -0.4 is 10.9 Å². The van der Waals surface area contributed by atoms with E-state index in [4.69, 9.17) is 0 Å². The average molecular weight is 394 g/mol. The monoisotopic (exact) mass is 393 g/mol. The van der Waals surface area contributed by atoms with Gasteiger partial charge in [-0.05, 0) is 68.1 Å². The molecule has 0 saturated carbocycles. The van der Waals surface area contributed by atoms with Crippen LogP contribution in [0.15, 0.2) is 58.6 Å². The lowest BCUT2D eigenvalue weighted by molar-refractivity contribution is -0.113. The van der Waals surface area contributed by atoms with Gasteiger partial charge in [0, 0.05) is 23.8 Å². The summed E-state index contributed by atoms with van der Waals surface area (Å²) in [5.41, 5.74) is 5.61. The van der Waals surface area contributed by atoms with Crippen molar-refractivity contribution in [2.45, 2.75) is 32.7 Å². The van der Waals surface area contributed by atoms with Gasteiger partial charge in [-0.25, -0.2) is 4.98 Å². The lowest BCUT2D eigenvalue weighted by Gasteiger charge is -2.10. The van der Waals surface area contributed by atoms with Crippen molar-refractivity contribution in [1.29, 1.82) is 0 Å². The van der Waals surface area contributed by atoms with Crippen molar-refractivity contribution in [2.24, 2.45) is 0 Å². The van der Waals surface area contributed by atoms with Gasteiger partial charge in [0.05, 0.1) is 5.75 Å². The second-order valence-corrected chi connectivity index (χ2v) is 7.87. The van der Waals surface area contributed by atoms with Gasteiger partial charge in [0.15, 0.2) is 5.03 Å². The molecular weight excluding hydrogens is 370 g/mol. The maximum absolute atomic E-state index is 12.8. The Morgan fingerprint density at radius 2 is 1.75 bits per heavy atom. The average Bonchev–Trinajstić information content (AvgIpc) is 2.63. The van der Waals surface area contributed by atoms with E-state index in [0.717, 1.165) is 45.4 Å². The maximum Gasteiger partial charge on any atom is 0.287 e. The first-order valence-corrected chi connectivity index (χ1v) is 9.98. The number of nitrogens with one attached hydrogen (secondary N) is 1. The number of benzene rings is 2. The number of carbonyl (C=O) groups is 1. The molecule has 144 valence electrons. The Kier molecular flexibility index (Phi) is 5.99. The van der Waals surface area contributed by atoms with E-state index >= 15 is 0 Å². The summed E-state index contributed by atoms with van der Waals surface area (Å²) in [6, 6.07) is 11.9. The van der Waals surface area contributed by atoms with Gasteiger partial charge < -0.3 is 5.32 Å². The van der Waals surface area contributed by atoms with Crippen molar-refractivity contribution in [2.75, 3.05) is 11.1 Å². The summed E-state index contributed by atoms with van der Waals surface area (Å²) in [6.07, 6.45) is 3.24. The van der Waals surface area contributed by atoms with E-state index < -0.39 is 0 Å². The predicted octanol–water partition coefficient (Wildman–Crippen LogP) is 4.20. The van der Waals surface area contributed by atoms with Crippen LogP contribution >= 0.6 is 11.8 Å². The Bertz CT molecular complexity index is 1070. The van der Waals surface area contributed by atoms with E-state index in [0.29, 0.717) is 5.03 Å². The van der Waals surface area contributed by atoms with Crippen LogP contribution in [0.3, 0.4) is 0 Å². The Labute approximate surface area is 168 Å². The van der Waals surface area contributed by atoms with Gasteiger partial charge in [0.2, 0.25) is 5.91 Å². The molecule has 28 heavy (non-hydrogen) atoms. The molecule has 1 amide bonds. The zero-order chi connectivity index (χ0) is 20.3. The molecule has 6 heteroatoms. The minimum atomic E-state index is -0.225. The molecule has 0 saturated heterocycles. The molecule has 0 fully saturated rings. The molecule has 0 aliphatic carbocycles. The van der Waals surface area contributed by atoms with Gasteiger partial charge in [0.25, 0.3) is 5.56 Å². The Morgan fingerprint density at radius 1 is 1.04 bits per heavy atom. The van der Waals surface area contributed by atoms with Crippen molar-refractivity contribution < 1.29 is 4.79 Å². The predicted molar refractivity (Wildman–Crippen MR) is 115 cm³/mol. The summed E-state index contributed by atoms with van der Waals surface area (Å²) in [7, 11) is 0. The normalized spacial score (nSPS) is 10.7. The third-order valence-electron chi connectivity index (χ3n) is 4.30. The summed E-state index contributed by atoms with van der Waals surface area (Å²) in [5.74, 6) is -0.0475. The van der Waals surface area contributed by atoms with E-state index in [-0.39, 0.29) is 17.2 Å². The standard InChI is InChI=1S/C22H23N3O2S/c1-14-5-6-17(4)19(12-14)24-20(26)13-28-21-22(27)25(8-7-23-21)18-10-15(2)9-16(3)11-18/h5-12H,13H2,1-4H3,(H,24,26). The van der Waals surface area contributed by atoms with Crippen LogP contribution in [0.5, 0.6) is 0 Å². The number of thioether (sulfide) groups is 1. The molecular formula is C22H23N3O2S. The minimum absolute atomic E-state index is 0.118. The fraction of sp³-hybridized carbons (Fsp3) is 0.227. The first-order valence-electron chi connectivity index (χ1n) is 9.00. The molecule has 0 unspecified atom stereocenters. The molecule has 5 nitrogen and oxygen atoms in total. The summed E-state index contributed by atoms with van der Waals surface area (Å²) < 4.78 is 1.57. The quantitative estimate of drug-likeness (QED) is 0.660. The molecule has 0 radical (unpaired) electrons. The Balaban J connectivity index is 1.75. The molecule has 2 aromatic carbocycles. The van der Waals surface area contributed by atoms with E-state index in [9.17, 15) is 9.59 Å². The molecule has 0 atom stereocenters. The second-order valence-electron chi connectivity index (χ2n) is 6.91. The molecule has 1 aromatic heterocycles. The molecule has 3 rings (SSSR count). The van der Waals surface area contributed by atoms with Gasteiger partial charge in [-0.3, -0.25) is 14.2 Å². The van der Waals surface area contributed by atoms with Gasteiger partial charge in [0.1, 0.15) is 0 Å². The first-order chi connectivity index (χ1) is 13.3. The third kappa shape index (κ3) is 4.70. The van der Waals surface area contributed by atoms with Gasteiger partial charge in [-0.2, -0.15) is 0 Å². The highest BCUT2D eigenvalue weighted by atomic mass is 32.2. The number of carbonyl (C=O) groups excluding carboxylic acids is 1. The summed E-state index contributed by atoms with van der Waals surface area (Å²) in [4.78, 5) is 29.3. The summed E-state index contributed by atoms with van der Waals surface area (Å²) in [6.45, 7) is 7.92. The number of nitrogens with zero attached hydrogens (tertiary/aromatic N) is 2. The number of hydrogen-bond acceptors (Lipinski definition) is 4. The van der Waals surface area contributed by atoms with Crippen LogP contribution in [0.2, 0.25) is 0 Å². The molecule has 3 aromatic rings. The largest absolute Gasteiger partial charge is 0.325 e. The first kappa shape index (κ1) is 19.9. The van der Waals surface area contributed by atoms with Crippen LogP contribution in [-0.2, 0) is 4.79 Å². The Morgan fingerprint density at radius 3 is 2.46 bits per heavy atom. The van der Waals surface area contributed by atoms with Gasteiger partial charge in [-0.1, -0.05) is 30.0 Å². The smallest absolute Gasteiger partial charge is 0.287 e. The zero-order valence-corrected chi connectivity index (χ0v) is 17.3. The number of aromatic nitrogens is 2. The molecule has 0 aliphatic heterocycles. The van der Waals surface area contributed by atoms with Gasteiger partial charge in [-0.15, -0.1) is 0 Å². The van der Waals surface area contributed by atoms with Crippen LogP contribution in [0.25, 0.3) is 5.69 Å². The topological polar surface area (TPSA) is 64.0 Å². The van der Waals surface area contributed by atoms with Crippen molar-refractivity contribution in [3.8, 4) is 5.69 Å². The van der Waals surface area contributed by atoms with Gasteiger partial charge >= 0.3 is 0 Å². The Hall–Kier alpha value is -2.86. The lowest BCUT2D eigenvalue weighted by atomic mass is 10.1. The molecule has 1 N–H and O–H groups in total. The van der Waals surface area contributed by atoms with Crippen molar-refractivity contribution in [3.63, 3.8) is 0 Å². The van der Waals surface area contributed by atoms with Crippen molar-refractivity contribution >= 4 is 23.4 Å². The van der Waals surface area contributed by atoms with E-state index in [1.165, 1.54) is 0 Å². The minimum Gasteiger partial charge on any atom is -0.325 e. The van der Waals surface area contributed by atoms with Crippen molar-refractivity contribution in [3.05, 3.63) is 81.4 Å². The number of amides is 1. The number of rotatable bonds is 5. The third-order valence-corrected chi connectivity index (χ3v) is 5.26. The highest BCUT2D eigenvalue weighted by Crippen LogP contribution is 2.18. The maximum atomic E-state index is 12.8. The number of hydrogen-bond donors (Lipinski definition) is 1. The van der Waals surface area contributed by atoms with Crippen LogP contribution in [0.1, 0.15) is 22.3 Å². The van der Waals surface area contributed by atoms with E-state index in [1.807, 2.05) is 58.0 Å². The fourth-order valence-electron chi connectivity index (χ4n) is 2.98. The summed E-state index contributed by atoms with van der Waals surface area (Å²) in [5, 5.41) is 3.21. The van der Waals surface area contributed by atoms with Crippen LogP contribution in [-0.4, -0.2) is 21.2 Å². The number of anilines is 1. The molecule has 0 bridgehead atoms. The highest BCUT2D eigenvalue weighted by Gasteiger charge is 2.11. The zero-order valence-electron chi connectivity index (χ0n) is 16.4. The number of aryl methyl sites for hydroxylation is 4. The van der Waals surface area contributed by atoms with Crippen LogP contribution in [0, 0.1) is 27.7 Å². The van der Waals surface area contributed by atoms with Crippen molar-refractivity contribution in [1.82, 2.24) is 9.55 Å². The van der Waals surface area contributed by atoms with E-state index in [2.05, 4.69) is 16.4 Å². The lowest BCUT2D eigenvalue weighted by Crippen LogP contribution is -2.22. The molecule has 0 aliphatic rings. The SMILES string of the molecule is Cc1cc(C)cc(-n2ccnc(SCC(=O)Nc3cc(C)ccc3C)c2=O)c1.